The predicted molar refractivity (Wildman–Crippen MR) is 128 cm³/mol. The minimum atomic E-state index is -0.578. The molecule has 2 aliphatic rings. The van der Waals surface area contributed by atoms with Gasteiger partial charge < -0.3 is 19.3 Å². The first-order valence-electron chi connectivity index (χ1n) is 11.8. The first kappa shape index (κ1) is 24.3. The number of hydrogen-bond donors (Lipinski definition) is 0. The van der Waals surface area contributed by atoms with Crippen LogP contribution in [-0.4, -0.2) is 61.0 Å². The maximum Gasteiger partial charge on any atom is 0.253 e. The van der Waals surface area contributed by atoms with Crippen LogP contribution in [0.5, 0.6) is 11.5 Å². The average Bonchev–Trinajstić information content (AvgIpc) is 2.86. The molecule has 2 aromatic carbocycles. The largest absolute Gasteiger partial charge is 0.494 e. The number of carbonyl (C=O) groups excluding carboxylic acids is 2. The van der Waals surface area contributed by atoms with E-state index in [-0.39, 0.29) is 35.1 Å². The van der Waals surface area contributed by atoms with Gasteiger partial charge in [-0.15, -0.1) is 0 Å². The molecule has 0 aromatic heterocycles. The molecule has 2 atom stereocenters. The van der Waals surface area contributed by atoms with Gasteiger partial charge in [0.1, 0.15) is 11.9 Å². The molecule has 2 heterocycles. The first-order chi connectivity index (χ1) is 16.4. The smallest absolute Gasteiger partial charge is 0.253 e. The fourth-order valence-corrected chi connectivity index (χ4v) is 4.84. The van der Waals surface area contributed by atoms with Crippen LogP contribution in [0.15, 0.2) is 42.5 Å². The fraction of sp³-hybridized carbons (Fsp3) is 0.462. The number of rotatable bonds is 6. The van der Waals surface area contributed by atoms with Crippen LogP contribution in [0.2, 0.25) is 5.02 Å². The first-order valence-corrected chi connectivity index (χ1v) is 12.1. The van der Waals surface area contributed by atoms with Crippen molar-refractivity contribution in [2.45, 2.75) is 38.2 Å². The molecule has 0 radical (unpaired) electrons. The monoisotopic (exact) mass is 488 g/mol. The Morgan fingerprint density at radius 3 is 2.44 bits per heavy atom. The highest BCUT2D eigenvalue weighted by molar-refractivity contribution is 6.30. The number of benzene rings is 2. The van der Waals surface area contributed by atoms with E-state index in [0.29, 0.717) is 36.7 Å². The molecule has 0 saturated carbocycles. The molecule has 2 saturated heterocycles. The number of likely N-dealkylation sites (tertiary alicyclic amines) is 2. The molecule has 2 aliphatic heterocycles. The summed E-state index contributed by atoms with van der Waals surface area (Å²) in [6.07, 6.45) is 3.86. The van der Waals surface area contributed by atoms with Crippen LogP contribution in [-0.2, 0) is 4.79 Å². The Balaban J connectivity index is 1.49. The maximum atomic E-state index is 14.2. The predicted octanol–water partition coefficient (Wildman–Crippen LogP) is 4.80. The number of ether oxygens (including phenoxy) is 2. The number of methoxy groups -OCH3 is 1. The van der Waals surface area contributed by atoms with Crippen molar-refractivity contribution in [1.29, 1.82) is 0 Å². The van der Waals surface area contributed by atoms with Gasteiger partial charge in [-0.25, -0.2) is 4.39 Å². The lowest BCUT2D eigenvalue weighted by molar-refractivity contribution is -0.134. The number of hydrogen-bond acceptors (Lipinski definition) is 4. The molecule has 2 fully saturated rings. The summed E-state index contributed by atoms with van der Waals surface area (Å²) in [6, 6.07) is 11.4. The van der Waals surface area contributed by atoms with Crippen LogP contribution in [0, 0.1) is 11.7 Å². The normalized spacial score (nSPS) is 20.7. The minimum absolute atomic E-state index is 0.0941. The van der Waals surface area contributed by atoms with Crippen LogP contribution < -0.4 is 9.47 Å². The minimum Gasteiger partial charge on any atom is -0.494 e. The topological polar surface area (TPSA) is 59.1 Å². The van der Waals surface area contributed by atoms with Crippen LogP contribution in [0.1, 0.15) is 42.5 Å². The summed E-state index contributed by atoms with van der Waals surface area (Å²) in [5.74, 6) is -0.142. The van der Waals surface area contributed by atoms with Crippen molar-refractivity contribution in [3.63, 3.8) is 0 Å². The van der Waals surface area contributed by atoms with E-state index in [1.54, 1.807) is 23.1 Å². The standard InChI is InChI=1S/C26H30ClFN2O4/c1-33-24-10-5-18(15-22(24)28)26(32)30-14-11-23(34-21-8-6-20(27)7-9-21)19(17-30)16-25(31)29-12-3-2-4-13-29/h5-10,15,19,23H,2-4,11-14,16-17H2,1H3/t19-,23-/m0/s1. The third-order valence-corrected chi connectivity index (χ3v) is 6.85. The quantitative estimate of drug-likeness (QED) is 0.586. The van der Waals surface area contributed by atoms with E-state index in [4.69, 9.17) is 21.1 Å². The Morgan fingerprint density at radius 2 is 1.76 bits per heavy atom. The SMILES string of the molecule is COc1ccc(C(=O)N2CC[C@H](Oc3ccc(Cl)cc3)[C@@H](CC(=O)N3CCCCC3)C2)cc1F. The third kappa shape index (κ3) is 5.81. The van der Waals surface area contributed by atoms with Gasteiger partial charge in [0.05, 0.1) is 7.11 Å². The molecule has 182 valence electrons. The van der Waals surface area contributed by atoms with E-state index in [1.165, 1.54) is 19.2 Å². The Bertz CT molecular complexity index is 1010. The summed E-state index contributed by atoms with van der Waals surface area (Å²) in [4.78, 5) is 29.8. The lowest BCUT2D eigenvalue weighted by atomic mass is 9.90. The number of amides is 2. The number of carbonyl (C=O) groups is 2. The zero-order chi connectivity index (χ0) is 24.1. The molecule has 6 nitrogen and oxygen atoms in total. The highest BCUT2D eigenvalue weighted by Crippen LogP contribution is 2.29. The highest BCUT2D eigenvalue weighted by Gasteiger charge is 2.36. The van der Waals surface area contributed by atoms with Gasteiger partial charge in [0, 0.05) is 55.5 Å². The van der Waals surface area contributed by atoms with Crippen molar-refractivity contribution in [1.82, 2.24) is 9.80 Å². The van der Waals surface area contributed by atoms with Gasteiger partial charge in [0.25, 0.3) is 5.91 Å². The van der Waals surface area contributed by atoms with Crippen molar-refractivity contribution >= 4 is 23.4 Å². The van der Waals surface area contributed by atoms with E-state index in [0.717, 1.165) is 32.4 Å². The molecule has 0 spiro atoms. The summed E-state index contributed by atoms with van der Waals surface area (Å²) in [6.45, 7) is 2.38. The third-order valence-electron chi connectivity index (χ3n) is 6.60. The van der Waals surface area contributed by atoms with Crippen LogP contribution in [0.4, 0.5) is 4.39 Å². The van der Waals surface area contributed by atoms with Gasteiger partial charge in [0.2, 0.25) is 5.91 Å². The summed E-state index contributed by atoms with van der Waals surface area (Å²) in [5.41, 5.74) is 0.261. The van der Waals surface area contributed by atoms with Crippen LogP contribution in [0.25, 0.3) is 0 Å². The Hall–Kier alpha value is -2.80. The second-order valence-electron chi connectivity index (χ2n) is 8.91. The lowest BCUT2D eigenvalue weighted by Gasteiger charge is -2.39. The van der Waals surface area contributed by atoms with E-state index < -0.39 is 5.82 Å². The number of piperidine rings is 2. The van der Waals surface area contributed by atoms with Crippen LogP contribution >= 0.6 is 11.6 Å². The molecule has 8 heteroatoms. The van der Waals surface area contributed by atoms with Crippen molar-refractivity contribution in [2.75, 3.05) is 33.3 Å². The van der Waals surface area contributed by atoms with Crippen molar-refractivity contribution in [3.8, 4) is 11.5 Å². The van der Waals surface area contributed by atoms with E-state index in [1.807, 2.05) is 17.0 Å². The maximum absolute atomic E-state index is 14.2. The zero-order valence-electron chi connectivity index (χ0n) is 19.3. The van der Waals surface area contributed by atoms with Gasteiger partial charge in [0.15, 0.2) is 11.6 Å². The molecule has 0 N–H and O–H groups in total. The van der Waals surface area contributed by atoms with Gasteiger partial charge in [-0.1, -0.05) is 11.6 Å². The van der Waals surface area contributed by atoms with Crippen molar-refractivity contribution in [2.24, 2.45) is 5.92 Å². The zero-order valence-corrected chi connectivity index (χ0v) is 20.1. The number of halogens is 2. The second kappa shape index (κ2) is 11.1. The molecule has 34 heavy (non-hydrogen) atoms. The van der Waals surface area contributed by atoms with Crippen molar-refractivity contribution < 1.29 is 23.5 Å². The van der Waals surface area contributed by atoms with Crippen molar-refractivity contribution in [3.05, 3.63) is 58.9 Å². The van der Waals surface area contributed by atoms with Gasteiger partial charge in [-0.3, -0.25) is 9.59 Å². The van der Waals surface area contributed by atoms with E-state index in [9.17, 15) is 14.0 Å². The highest BCUT2D eigenvalue weighted by atomic mass is 35.5. The summed E-state index contributed by atoms with van der Waals surface area (Å²) in [7, 11) is 1.38. The van der Waals surface area contributed by atoms with Gasteiger partial charge in [-0.05, 0) is 61.7 Å². The van der Waals surface area contributed by atoms with E-state index in [2.05, 4.69) is 0 Å². The Morgan fingerprint density at radius 1 is 1.03 bits per heavy atom. The van der Waals surface area contributed by atoms with E-state index >= 15 is 0 Å². The molecule has 2 amide bonds. The Labute approximate surface area is 204 Å². The number of nitrogens with zero attached hydrogens (tertiary/aromatic N) is 2. The van der Waals surface area contributed by atoms with Gasteiger partial charge in [-0.2, -0.15) is 0 Å². The summed E-state index contributed by atoms with van der Waals surface area (Å²) < 4.78 is 25.4. The molecule has 2 aromatic rings. The molecule has 4 rings (SSSR count). The lowest BCUT2D eigenvalue weighted by Crippen LogP contribution is -2.50. The van der Waals surface area contributed by atoms with Crippen LogP contribution in [0.3, 0.4) is 0 Å². The molecule has 0 bridgehead atoms. The Kier molecular flexibility index (Phi) is 7.93. The molecule has 0 unspecified atom stereocenters. The fourth-order valence-electron chi connectivity index (χ4n) is 4.71. The molecular weight excluding hydrogens is 459 g/mol. The second-order valence-corrected chi connectivity index (χ2v) is 9.34. The average molecular weight is 489 g/mol. The summed E-state index contributed by atoms with van der Waals surface area (Å²) >= 11 is 6.00. The molecular formula is C26H30ClFN2O4. The molecule has 0 aliphatic carbocycles. The summed E-state index contributed by atoms with van der Waals surface area (Å²) in [5, 5.41) is 0.622. The van der Waals surface area contributed by atoms with Gasteiger partial charge >= 0.3 is 0 Å².